The Labute approximate surface area is 126 Å². The second-order valence-corrected chi connectivity index (χ2v) is 5.55. The fraction of sp³-hybridized carbons (Fsp3) is 0.471. The van der Waals surface area contributed by atoms with E-state index < -0.39 is 0 Å². The summed E-state index contributed by atoms with van der Waals surface area (Å²) in [6.45, 7) is 7.50. The lowest BCUT2D eigenvalue weighted by molar-refractivity contribution is 0.143. The highest BCUT2D eigenvalue weighted by molar-refractivity contribution is 5.72. The standard InChI is InChI=1S/C17H24N2O2/c1-12(2)16-15(14-8-6-13(3)7-9-14)17(18-19(16)4)21-11-10-20-5/h6-9,12H,10-11H2,1-5H3. The smallest absolute Gasteiger partial charge is 0.241 e. The van der Waals surface area contributed by atoms with Gasteiger partial charge in [-0.25, -0.2) is 0 Å². The quantitative estimate of drug-likeness (QED) is 0.763. The third-order valence-corrected chi connectivity index (χ3v) is 3.47. The Morgan fingerprint density at radius 1 is 1.14 bits per heavy atom. The highest BCUT2D eigenvalue weighted by Gasteiger charge is 2.21. The Morgan fingerprint density at radius 3 is 2.38 bits per heavy atom. The van der Waals surface area contributed by atoms with Gasteiger partial charge in [0.25, 0.3) is 0 Å². The molecular formula is C17H24N2O2. The van der Waals surface area contributed by atoms with Crippen LogP contribution in [0, 0.1) is 6.92 Å². The first-order valence-electron chi connectivity index (χ1n) is 7.30. The molecule has 0 aliphatic rings. The van der Waals surface area contributed by atoms with Crippen LogP contribution in [0.1, 0.15) is 31.0 Å². The highest BCUT2D eigenvalue weighted by atomic mass is 16.5. The first-order valence-corrected chi connectivity index (χ1v) is 7.30. The number of rotatable bonds is 6. The van der Waals surface area contributed by atoms with E-state index in [9.17, 15) is 0 Å². The molecule has 0 amide bonds. The Bertz CT molecular complexity index is 586. The number of nitrogens with zero attached hydrogens (tertiary/aromatic N) is 2. The molecule has 0 radical (unpaired) electrons. The molecule has 2 rings (SSSR count). The highest BCUT2D eigenvalue weighted by Crippen LogP contribution is 2.36. The summed E-state index contributed by atoms with van der Waals surface area (Å²) in [6, 6.07) is 8.49. The van der Waals surface area contributed by atoms with E-state index in [2.05, 4.69) is 50.1 Å². The molecule has 0 bridgehead atoms. The van der Waals surface area contributed by atoms with Gasteiger partial charge in [-0.3, -0.25) is 4.68 Å². The Balaban J connectivity index is 2.46. The Kier molecular flexibility index (Phi) is 5.02. The molecular weight excluding hydrogens is 264 g/mol. The van der Waals surface area contributed by atoms with Gasteiger partial charge in [0, 0.05) is 14.2 Å². The van der Waals surface area contributed by atoms with E-state index >= 15 is 0 Å². The summed E-state index contributed by atoms with van der Waals surface area (Å²) in [5.41, 5.74) is 4.66. The molecule has 4 heteroatoms. The monoisotopic (exact) mass is 288 g/mol. The second kappa shape index (κ2) is 6.76. The summed E-state index contributed by atoms with van der Waals surface area (Å²) in [4.78, 5) is 0. The van der Waals surface area contributed by atoms with Gasteiger partial charge in [0.05, 0.1) is 17.9 Å². The lowest BCUT2D eigenvalue weighted by Gasteiger charge is -2.11. The number of hydrogen-bond donors (Lipinski definition) is 0. The minimum atomic E-state index is 0.374. The van der Waals surface area contributed by atoms with Crippen LogP contribution in [-0.4, -0.2) is 30.1 Å². The molecule has 1 aromatic carbocycles. The second-order valence-electron chi connectivity index (χ2n) is 5.55. The maximum absolute atomic E-state index is 5.82. The molecule has 114 valence electrons. The van der Waals surface area contributed by atoms with Gasteiger partial charge in [-0.1, -0.05) is 43.7 Å². The van der Waals surface area contributed by atoms with Gasteiger partial charge in [0.15, 0.2) is 0 Å². The molecule has 0 N–H and O–H groups in total. The van der Waals surface area contributed by atoms with E-state index in [1.54, 1.807) is 7.11 Å². The molecule has 0 aliphatic carbocycles. The van der Waals surface area contributed by atoms with Crippen molar-refractivity contribution in [3.05, 3.63) is 35.5 Å². The van der Waals surface area contributed by atoms with Crippen molar-refractivity contribution >= 4 is 0 Å². The summed E-state index contributed by atoms with van der Waals surface area (Å²) >= 11 is 0. The average molecular weight is 288 g/mol. The first-order chi connectivity index (χ1) is 10.0. The molecule has 0 unspecified atom stereocenters. The average Bonchev–Trinajstić information content (AvgIpc) is 2.77. The summed E-state index contributed by atoms with van der Waals surface area (Å²) in [5, 5.41) is 4.54. The molecule has 0 spiro atoms. The van der Waals surface area contributed by atoms with Crippen LogP contribution < -0.4 is 4.74 Å². The summed E-state index contributed by atoms with van der Waals surface area (Å²) in [5.74, 6) is 1.06. The van der Waals surface area contributed by atoms with Gasteiger partial charge in [-0.2, -0.15) is 0 Å². The van der Waals surface area contributed by atoms with Crippen molar-refractivity contribution in [2.24, 2.45) is 7.05 Å². The molecule has 0 saturated carbocycles. The van der Waals surface area contributed by atoms with Gasteiger partial charge >= 0.3 is 0 Å². The van der Waals surface area contributed by atoms with Crippen molar-refractivity contribution in [3.63, 3.8) is 0 Å². The topological polar surface area (TPSA) is 36.3 Å². The van der Waals surface area contributed by atoms with Gasteiger partial charge in [0.1, 0.15) is 6.61 Å². The predicted octanol–water partition coefficient (Wildman–Crippen LogP) is 3.54. The van der Waals surface area contributed by atoms with E-state index in [4.69, 9.17) is 9.47 Å². The summed E-state index contributed by atoms with van der Waals surface area (Å²) < 4.78 is 12.8. The van der Waals surface area contributed by atoms with E-state index in [1.807, 2.05) is 11.7 Å². The van der Waals surface area contributed by atoms with Gasteiger partial charge in [-0.05, 0) is 18.4 Å². The van der Waals surface area contributed by atoms with Crippen LogP contribution in [-0.2, 0) is 11.8 Å². The zero-order valence-electron chi connectivity index (χ0n) is 13.5. The van der Waals surface area contributed by atoms with Gasteiger partial charge < -0.3 is 9.47 Å². The minimum absolute atomic E-state index is 0.374. The minimum Gasteiger partial charge on any atom is -0.474 e. The zero-order chi connectivity index (χ0) is 15.4. The Hall–Kier alpha value is -1.81. The van der Waals surface area contributed by atoms with Crippen LogP contribution in [0.4, 0.5) is 0 Å². The predicted molar refractivity (Wildman–Crippen MR) is 84.8 cm³/mol. The van der Waals surface area contributed by atoms with Crippen LogP contribution in [0.5, 0.6) is 5.88 Å². The molecule has 0 saturated heterocycles. The van der Waals surface area contributed by atoms with Crippen molar-refractivity contribution in [1.29, 1.82) is 0 Å². The van der Waals surface area contributed by atoms with Crippen LogP contribution in [0.2, 0.25) is 0 Å². The van der Waals surface area contributed by atoms with Crippen molar-refractivity contribution in [3.8, 4) is 17.0 Å². The third kappa shape index (κ3) is 3.45. The van der Waals surface area contributed by atoms with Gasteiger partial charge in [0.2, 0.25) is 5.88 Å². The summed E-state index contributed by atoms with van der Waals surface area (Å²) in [6.07, 6.45) is 0. The van der Waals surface area contributed by atoms with Crippen molar-refractivity contribution in [2.75, 3.05) is 20.3 Å². The maximum Gasteiger partial charge on any atom is 0.241 e. The number of ether oxygens (including phenoxy) is 2. The normalized spacial score (nSPS) is 11.1. The van der Waals surface area contributed by atoms with Gasteiger partial charge in [-0.15, -0.1) is 5.10 Å². The maximum atomic E-state index is 5.82. The lowest BCUT2D eigenvalue weighted by Crippen LogP contribution is -2.05. The Morgan fingerprint density at radius 2 is 1.81 bits per heavy atom. The molecule has 0 fully saturated rings. The van der Waals surface area contributed by atoms with Crippen LogP contribution in [0.3, 0.4) is 0 Å². The van der Waals surface area contributed by atoms with E-state index in [0.717, 1.165) is 11.1 Å². The SMILES string of the molecule is COCCOc1nn(C)c(C(C)C)c1-c1ccc(C)cc1. The molecule has 2 aromatic rings. The molecule has 1 aromatic heterocycles. The van der Waals surface area contributed by atoms with E-state index in [-0.39, 0.29) is 0 Å². The largest absolute Gasteiger partial charge is 0.474 e. The molecule has 0 atom stereocenters. The molecule has 1 heterocycles. The van der Waals surface area contributed by atoms with Crippen molar-refractivity contribution in [2.45, 2.75) is 26.7 Å². The first kappa shape index (κ1) is 15.6. The molecule has 4 nitrogen and oxygen atoms in total. The summed E-state index contributed by atoms with van der Waals surface area (Å²) in [7, 11) is 3.64. The van der Waals surface area contributed by atoms with Crippen LogP contribution in [0.15, 0.2) is 24.3 Å². The fourth-order valence-electron chi connectivity index (χ4n) is 2.49. The molecule has 21 heavy (non-hydrogen) atoms. The van der Waals surface area contributed by atoms with Crippen LogP contribution in [0.25, 0.3) is 11.1 Å². The zero-order valence-corrected chi connectivity index (χ0v) is 13.5. The number of methoxy groups -OCH3 is 1. The van der Waals surface area contributed by atoms with Crippen molar-refractivity contribution in [1.82, 2.24) is 9.78 Å². The lowest BCUT2D eigenvalue weighted by atomic mass is 9.98. The number of hydrogen-bond acceptors (Lipinski definition) is 3. The van der Waals surface area contributed by atoms with E-state index in [1.165, 1.54) is 11.3 Å². The fourth-order valence-corrected chi connectivity index (χ4v) is 2.49. The van der Waals surface area contributed by atoms with E-state index in [0.29, 0.717) is 25.0 Å². The van der Waals surface area contributed by atoms with Crippen molar-refractivity contribution < 1.29 is 9.47 Å². The van der Waals surface area contributed by atoms with Crippen LogP contribution >= 0.6 is 0 Å². The number of aromatic nitrogens is 2. The number of aryl methyl sites for hydroxylation is 2. The number of benzene rings is 1. The third-order valence-electron chi connectivity index (χ3n) is 3.47. The molecule has 0 aliphatic heterocycles.